The molecule has 3 rings (SSSR count). The number of imidazole rings is 1. The zero-order valence-corrected chi connectivity index (χ0v) is 9.29. The normalized spacial score (nSPS) is 10.9. The predicted octanol–water partition coefficient (Wildman–Crippen LogP) is 0.849. The fourth-order valence-electron chi connectivity index (χ4n) is 1.95. The molecule has 2 heterocycles. The Morgan fingerprint density at radius 3 is 3.17 bits per heavy atom. The second-order valence-electron chi connectivity index (χ2n) is 3.84. The molecule has 0 aliphatic rings. The van der Waals surface area contributed by atoms with Crippen molar-refractivity contribution < 1.29 is 9.53 Å². The van der Waals surface area contributed by atoms with Gasteiger partial charge in [-0.15, -0.1) is 0 Å². The maximum Gasteiger partial charge on any atom is 0.331 e. The fourth-order valence-corrected chi connectivity index (χ4v) is 1.95. The van der Waals surface area contributed by atoms with E-state index in [-0.39, 0.29) is 12.3 Å². The van der Waals surface area contributed by atoms with Gasteiger partial charge in [-0.3, -0.25) is 9.20 Å². The van der Waals surface area contributed by atoms with Gasteiger partial charge in [0, 0.05) is 17.8 Å². The summed E-state index contributed by atoms with van der Waals surface area (Å²) in [7, 11) is 0. The molecule has 1 aromatic carbocycles. The van der Waals surface area contributed by atoms with Gasteiger partial charge in [-0.05, 0) is 17.7 Å². The fraction of sp³-hybridized carbons (Fsp3) is 0.0833. The third-order valence-corrected chi connectivity index (χ3v) is 2.74. The van der Waals surface area contributed by atoms with Gasteiger partial charge in [0.15, 0.2) is 0 Å². The number of rotatable bonds is 3. The molecule has 0 aliphatic carbocycles. The number of hydrogen-bond donors (Lipinski definition) is 1. The van der Waals surface area contributed by atoms with E-state index in [1.165, 1.54) is 4.40 Å². The highest BCUT2D eigenvalue weighted by Gasteiger charge is 2.06. The van der Waals surface area contributed by atoms with E-state index in [0.717, 1.165) is 10.9 Å². The lowest BCUT2D eigenvalue weighted by molar-refractivity contribution is -0.129. The molecular weight excluding hydrogens is 234 g/mol. The van der Waals surface area contributed by atoms with Crippen molar-refractivity contribution in [2.45, 2.75) is 6.61 Å². The molecule has 0 spiro atoms. The number of aromatic amines is 1. The first-order valence-electron chi connectivity index (χ1n) is 5.33. The Labute approximate surface area is 101 Å². The van der Waals surface area contributed by atoms with Crippen LogP contribution in [-0.4, -0.2) is 20.8 Å². The Morgan fingerprint density at radius 2 is 2.33 bits per heavy atom. The molecule has 18 heavy (non-hydrogen) atoms. The van der Waals surface area contributed by atoms with E-state index >= 15 is 0 Å². The van der Waals surface area contributed by atoms with Crippen LogP contribution in [0.3, 0.4) is 0 Å². The predicted molar refractivity (Wildman–Crippen MR) is 64.2 cm³/mol. The Hall–Kier alpha value is -2.63. The lowest BCUT2D eigenvalue weighted by atomic mass is 10.1. The van der Waals surface area contributed by atoms with Crippen LogP contribution in [0.25, 0.3) is 16.6 Å². The number of H-pyrrole nitrogens is 1. The first-order valence-corrected chi connectivity index (χ1v) is 5.33. The molecule has 0 unspecified atom stereocenters. The van der Waals surface area contributed by atoms with Gasteiger partial charge < -0.3 is 9.72 Å². The average molecular weight is 243 g/mol. The highest BCUT2D eigenvalue weighted by molar-refractivity contribution is 5.91. The minimum absolute atomic E-state index is 0.182. The third kappa shape index (κ3) is 1.55. The van der Waals surface area contributed by atoms with Crippen LogP contribution in [0, 0.1) is 0 Å². The maximum atomic E-state index is 11.8. The average Bonchev–Trinajstić information content (AvgIpc) is 2.86. The van der Waals surface area contributed by atoms with E-state index < -0.39 is 0 Å². The first-order chi connectivity index (χ1) is 8.79. The molecular formula is C12H9N3O3. The van der Waals surface area contributed by atoms with Crippen LogP contribution in [0.4, 0.5) is 0 Å². The minimum Gasteiger partial charge on any atom is -0.463 e. The van der Waals surface area contributed by atoms with Crippen LogP contribution in [0.5, 0.6) is 0 Å². The van der Waals surface area contributed by atoms with Crippen LogP contribution in [-0.2, 0) is 16.1 Å². The highest BCUT2D eigenvalue weighted by Crippen LogP contribution is 2.17. The van der Waals surface area contributed by atoms with Gasteiger partial charge in [0.25, 0.3) is 6.47 Å². The molecule has 0 aliphatic heterocycles. The van der Waals surface area contributed by atoms with Crippen LogP contribution in [0.1, 0.15) is 5.56 Å². The van der Waals surface area contributed by atoms with Gasteiger partial charge in [-0.2, -0.15) is 0 Å². The van der Waals surface area contributed by atoms with Gasteiger partial charge in [0.1, 0.15) is 12.3 Å². The topological polar surface area (TPSA) is 76.5 Å². The Kier molecular flexibility index (Phi) is 2.33. The van der Waals surface area contributed by atoms with E-state index in [0.29, 0.717) is 17.6 Å². The van der Waals surface area contributed by atoms with Crippen LogP contribution in [0.2, 0.25) is 0 Å². The van der Waals surface area contributed by atoms with Gasteiger partial charge in [-0.1, -0.05) is 6.07 Å². The van der Waals surface area contributed by atoms with Crippen molar-refractivity contribution >= 4 is 23.0 Å². The number of ether oxygens (including phenoxy) is 1. The Balaban J connectivity index is 2.25. The van der Waals surface area contributed by atoms with Crippen molar-refractivity contribution in [2.24, 2.45) is 0 Å². The summed E-state index contributed by atoms with van der Waals surface area (Å²) in [5, 5.41) is 0.842. The molecule has 90 valence electrons. The molecule has 0 atom stereocenters. The minimum atomic E-state index is -0.247. The second-order valence-corrected chi connectivity index (χ2v) is 3.84. The SMILES string of the molecule is O=COCc1ccc2c(c1)[nH]c(=O)n1ccnc21. The molecule has 0 bridgehead atoms. The van der Waals surface area contributed by atoms with Crippen molar-refractivity contribution in [3.05, 3.63) is 46.6 Å². The van der Waals surface area contributed by atoms with Crippen molar-refractivity contribution in [1.29, 1.82) is 0 Å². The van der Waals surface area contributed by atoms with Crippen LogP contribution < -0.4 is 5.69 Å². The lowest BCUT2D eigenvalue weighted by Crippen LogP contribution is -2.15. The summed E-state index contributed by atoms with van der Waals surface area (Å²) in [6.07, 6.45) is 3.18. The van der Waals surface area contributed by atoms with E-state index in [2.05, 4.69) is 14.7 Å². The summed E-state index contributed by atoms with van der Waals surface area (Å²) in [4.78, 5) is 28.8. The zero-order valence-electron chi connectivity index (χ0n) is 9.29. The number of aromatic nitrogens is 3. The van der Waals surface area contributed by atoms with E-state index in [4.69, 9.17) is 0 Å². The Bertz CT molecular complexity index is 788. The van der Waals surface area contributed by atoms with E-state index in [1.807, 2.05) is 12.1 Å². The summed E-state index contributed by atoms with van der Waals surface area (Å²) in [5.41, 5.74) is 1.84. The summed E-state index contributed by atoms with van der Waals surface area (Å²) in [6.45, 7) is 0.575. The number of nitrogens with zero attached hydrogens (tertiary/aromatic N) is 2. The third-order valence-electron chi connectivity index (χ3n) is 2.74. The molecule has 2 aromatic heterocycles. The first kappa shape index (κ1) is 10.5. The van der Waals surface area contributed by atoms with E-state index in [9.17, 15) is 9.59 Å². The van der Waals surface area contributed by atoms with E-state index in [1.54, 1.807) is 18.5 Å². The maximum absolute atomic E-state index is 11.8. The molecule has 3 aromatic rings. The number of nitrogens with one attached hydrogen (secondary N) is 1. The standard InChI is InChI=1S/C12H9N3O3/c16-7-18-6-8-1-2-9-10(5-8)14-12(17)15-4-3-13-11(9)15/h1-5,7H,6H2,(H,14,17). The molecule has 0 saturated heterocycles. The van der Waals surface area contributed by atoms with Gasteiger partial charge >= 0.3 is 5.69 Å². The van der Waals surface area contributed by atoms with Crippen molar-refractivity contribution in [3.63, 3.8) is 0 Å². The van der Waals surface area contributed by atoms with Gasteiger partial charge in [0.2, 0.25) is 0 Å². The number of hydrogen-bond acceptors (Lipinski definition) is 4. The largest absolute Gasteiger partial charge is 0.463 e. The van der Waals surface area contributed by atoms with Crippen LogP contribution >= 0.6 is 0 Å². The molecule has 0 amide bonds. The summed E-state index contributed by atoms with van der Waals surface area (Å²) in [5.74, 6) is 0. The quantitative estimate of drug-likeness (QED) is 0.692. The molecule has 6 heteroatoms. The second kappa shape index (κ2) is 3.99. The molecule has 6 nitrogen and oxygen atoms in total. The van der Waals surface area contributed by atoms with Gasteiger partial charge in [0.05, 0.1) is 5.52 Å². The molecule has 0 fully saturated rings. The zero-order chi connectivity index (χ0) is 12.5. The smallest absolute Gasteiger partial charge is 0.331 e. The lowest BCUT2D eigenvalue weighted by Gasteiger charge is -2.03. The van der Waals surface area contributed by atoms with Crippen LogP contribution in [0.15, 0.2) is 35.4 Å². The molecule has 0 radical (unpaired) electrons. The number of carbonyl (C=O) groups excluding carboxylic acids is 1. The van der Waals surface area contributed by atoms with Crippen molar-refractivity contribution in [2.75, 3.05) is 0 Å². The molecule has 0 saturated carbocycles. The highest BCUT2D eigenvalue weighted by atomic mass is 16.5. The van der Waals surface area contributed by atoms with Crippen molar-refractivity contribution in [1.82, 2.24) is 14.4 Å². The molecule has 1 N–H and O–H groups in total. The Morgan fingerprint density at radius 1 is 1.44 bits per heavy atom. The summed E-state index contributed by atoms with van der Waals surface area (Å²) < 4.78 is 6.13. The summed E-state index contributed by atoms with van der Waals surface area (Å²) >= 11 is 0. The van der Waals surface area contributed by atoms with Gasteiger partial charge in [-0.25, -0.2) is 9.78 Å². The number of benzene rings is 1. The van der Waals surface area contributed by atoms with Crippen molar-refractivity contribution in [3.8, 4) is 0 Å². The summed E-state index contributed by atoms with van der Waals surface area (Å²) in [6, 6.07) is 5.45. The monoisotopic (exact) mass is 243 g/mol. The number of fused-ring (bicyclic) bond motifs is 3. The number of carbonyl (C=O) groups is 1.